The van der Waals surface area contributed by atoms with E-state index in [1.54, 1.807) is 0 Å². The minimum absolute atomic E-state index is 0.551. The first kappa shape index (κ1) is 61.9. The van der Waals surface area contributed by atoms with Gasteiger partial charge in [0, 0.05) is 117 Å². The van der Waals surface area contributed by atoms with Gasteiger partial charge in [-0.05, 0) is 193 Å². The van der Waals surface area contributed by atoms with Gasteiger partial charge in [0.1, 0.15) is 0 Å². The van der Waals surface area contributed by atoms with Gasteiger partial charge in [0.15, 0.2) is 17.5 Å². The molecule has 0 fully saturated rings. The second kappa shape index (κ2) is 25.6. The number of fused-ring (bicyclic) bond motifs is 12. The zero-order chi connectivity index (χ0) is 71.2. The van der Waals surface area contributed by atoms with Crippen molar-refractivity contribution >= 4 is 121 Å². The normalized spacial score (nSPS) is 11.7. The van der Waals surface area contributed by atoms with Crippen LogP contribution in [0.2, 0.25) is 0 Å². The number of hydrogen-bond acceptors (Lipinski definition) is 5. The van der Waals surface area contributed by atoms with E-state index in [9.17, 15) is 0 Å². The van der Waals surface area contributed by atoms with E-state index in [2.05, 4.69) is 422 Å². The van der Waals surface area contributed by atoms with Gasteiger partial charge in [-0.2, -0.15) is 0 Å². The highest BCUT2D eigenvalue weighted by molar-refractivity contribution is 6.15. The van der Waals surface area contributed by atoms with Gasteiger partial charge in [-0.1, -0.05) is 212 Å². The smallest absolute Gasteiger partial charge is 0.164 e. The van der Waals surface area contributed by atoms with E-state index in [1.807, 2.05) is 0 Å². The summed E-state index contributed by atoms with van der Waals surface area (Å²) in [5.74, 6) is 1.65. The first-order valence-corrected chi connectivity index (χ1v) is 36.6. The van der Waals surface area contributed by atoms with Crippen molar-refractivity contribution in [3.63, 3.8) is 0 Å². The largest absolute Gasteiger partial charge is 0.310 e. The predicted octanol–water partition coefficient (Wildman–Crippen LogP) is 25.9. The first-order valence-electron chi connectivity index (χ1n) is 36.6. The van der Waals surface area contributed by atoms with Crippen LogP contribution in [0.3, 0.4) is 0 Å². The molecule has 0 aliphatic rings. The lowest BCUT2D eigenvalue weighted by atomic mass is 10.0. The maximum absolute atomic E-state index is 5.55. The maximum atomic E-state index is 5.55. The van der Waals surface area contributed by atoms with Gasteiger partial charge in [0.05, 0.1) is 44.1 Å². The molecular weight excluding hydrogens is 1320 g/mol. The molecule has 0 amide bonds. The quantitative estimate of drug-likeness (QED) is 0.109. The molecule has 5 heterocycles. The molecule has 5 aromatic heterocycles. The van der Waals surface area contributed by atoms with E-state index >= 15 is 0 Å². The Bertz CT molecular complexity index is 6720. The first-order chi connectivity index (χ1) is 53.6. The molecule has 9 nitrogen and oxygen atoms in total. The van der Waals surface area contributed by atoms with Crippen LogP contribution in [0.4, 0.5) is 34.1 Å². The highest BCUT2D eigenvalue weighted by Gasteiger charge is 2.24. The second-order valence-electron chi connectivity index (χ2n) is 27.6. The topological polar surface area (TPSA) is 64.9 Å². The zero-order valence-electron chi connectivity index (χ0n) is 58.6. The molecule has 108 heavy (non-hydrogen) atoms. The SMILES string of the molecule is c1ccc(N(c2ccccc2)c2ccc3c(c2)c2ccccc2n3-c2cccc(-c3nc(-c4cccc(-n5c6ccccc6c6cc(-c7ccc8c(c7)c7ccccc7n8-c7ccccc7)ccc65)c4)nc(-c4cccc(-n5c6ccccc6c6cc(N(c7ccccc7)c7ccccc7)ccc65)c4)n3)c2)cc1. The van der Waals surface area contributed by atoms with Gasteiger partial charge in [0.25, 0.3) is 0 Å². The van der Waals surface area contributed by atoms with E-state index in [-0.39, 0.29) is 0 Å². The molecule has 0 unspecified atom stereocenters. The van der Waals surface area contributed by atoms with Crippen LogP contribution in [0.5, 0.6) is 0 Å². The Labute approximate surface area is 622 Å². The summed E-state index contributed by atoms with van der Waals surface area (Å²) in [4.78, 5) is 21.3. The second-order valence-corrected chi connectivity index (χ2v) is 27.6. The van der Waals surface area contributed by atoms with Gasteiger partial charge >= 0.3 is 0 Å². The highest BCUT2D eigenvalue weighted by atomic mass is 15.2. The van der Waals surface area contributed by atoms with Crippen molar-refractivity contribution in [3.8, 4) is 68.0 Å². The Hall–Kier alpha value is -14.7. The predicted molar refractivity (Wildman–Crippen MR) is 448 cm³/mol. The summed E-state index contributed by atoms with van der Waals surface area (Å²) >= 11 is 0. The molecule has 0 N–H and O–H groups in total. The number of benzene rings is 16. The van der Waals surface area contributed by atoms with Crippen LogP contribution in [0.15, 0.2) is 394 Å². The summed E-state index contributed by atoms with van der Waals surface area (Å²) in [6, 6.07) is 141. The van der Waals surface area contributed by atoms with Crippen molar-refractivity contribution in [2.24, 2.45) is 0 Å². The minimum atomic E-state index is 0.551. The van der Waals surface area contributed by atoms with Crippen LogP contribution in [0.25, 0.3) is 155 Å². The van der Waals surface area contributed by atoms with Gasteiger partial charge in [-0.3, -0.25) is 0 Å². The van der Waals surface area contributed by atoms with E-state index in [4.69, 9.17) is 15.0 Å². The summed E-state index contributed by atoms with van der Waals surface area (Å²) < 4.78 is 9.50. The molecule has 0 saturated heterocycles. The molecule has 0 aliphatic heterocycles. The summed E-state index contributed by atoms with van der Waals surface area (Å²) in [6.07, 6.45) is 0. The fourth-order valence-electron chi connectivity index (χ4n) is 16.5. The molecule has 0 radical (unpaired) electrons. The van der Waals surface area contributed by atoms with E-state index in [1.165, 1.54) is 32.6 Å². The van der Waals surface area contributed by atoms with Crippen molar-refractivity contribution < 1.29 is 0 Å². The third-order valence-corrected chi connectivity index (χ3v) is 21.3. The summed E-state index contributed by atoms with van der Waals surface area (Å²) in [5.41, 5.74) is 24.4. The molecule has 0 saturated carbocycles. The lowest BCUT2D eigenvalue weighted by Gasteiger charge is -2.25. The number of hydrogen-bond donors (Lipinski definition) is 0. The Kier molecular flexibility index (Phi) is 14.7. The molecule has 0 spiro atoms. The van der Waals surface area contributed by atoms with Crippen molar-refractivity contribution in [3.05, 3.63) is 394 Å². The van der Waals surface area contributed by atoms with E-state index in [0.29, 0.717) is 17.5 Å². The fourth-order valence-corrected chi connectivity index (χ4v) is 16.5. The Morgan fingerprint density at radius 2 is 0.407 bits per heavy atom. The lowest BCUT2D eigenvalue weighted by molar-refractivity contribution is 1.07. The van der Waals surface area contributed by atoms with E-state index in [0.717, 1.165) is 139 Å². The standard InChI is InChI=1S/C99H65N9/c1-6-30-71(31-7-1)103(72-32-8-2-9-33-72)79-53-57-95-87(64-79)83-45-18-22-49-91(83)107(95)77-41-25-28-69(60-77)98-100-97(101-99(102-98)70-29-26-42-78(61-70)108-92-50-23-19-46-84(92)88-65-80(54-58-96(88)108)104(73-34-10-3-11-35-73)74-36-12-4-13-37-74)68-27-24-40-76(59-68)106-90-48-21-17-44-82(90)86-63-67(52-56-94(86)106)66-51-55-93-85(62-66)81-43-16-20-47-89(81)105(93)75-38-14-5-15-39-75/h1-65H. The Morgan fingerprint density at radius 1 is 0.157 bits per heavy atom. The van der Waals surface area contributed by atoms with Crippen molar-refractivity contribution in [1.29, 1.82) is 0 Å². The highest BCUT2D eigenvalue weighted by Crippen LogP contribution is 2.45. The molecule has 0 atom stereocenters. The molecule has 0 aliphatic carbocycles. The third-order valence-electron chi connectivity index (χ3n) is 21.3. The van der Waals surface area contributed by atoms with E-state index < -0.39 is 0 Å². The molecule has 21 aromatic rings. The maximum Gasteiger partial charge on any atom is 0.164 e. The van der Waals surface area contributed by atoms with Crippen LogP contribution in [-0.4, -0.2) is 33.2 Å². The monoisotopic (exact) mass is 1380 g/mol. The molecule has 506 valence electrons. The van der Waals surface area contributed by atoms with Gasteiger partial charge in [0.2, 0.25) is 0 Å². The number of rotatable bonds is 14. The van der Waals surface area contributed by atoms with Crippen molar-refractivity contribution in [2.75, 3.05) is 9.80 Å². The van der Waals surface area contributed by atoms with Crippen molar-refractivity contribution in [2.45, 2.75) is 0 Å². The van der Waals surface area contributed by atoms with Gasteiger partial charge < -0.3 is 28.1 Å². The molecule has 21 rings (SSSR count). The summed E-state index contributed by atoms with van der Waals surface area (Å²) in [7, 11) is 0. The molecule has 16 aromatic carbocycles. The van der Waals surface area contributed by atoms with Crippen LogP contribution < -0.4 is 9.80 Å². The Morgan fingerprint density at radius 3 is 0.731 bits per heavy atom. The zero-order valence-corrected chi connectivity index (χ0v) is 58.6. The molecular formula is C99H65N9. The number of anilines is 6. The lowest BCUT2D eigenvalue weighted by Crippen LogP contribution is -2.09. The van der Waals surface area contributed by atoms with Crippen LogP contribution in [-0.2, 0) is 0 Å². The average Bonchev–Trinajstić information content (AvgIpc) is 1.59. The number of para-hydroxylation sites is 9. The fraction of sp³-hybridized carbons (Fsp3) is 0. The third kappa shape index (κ3) is 10.4. The van der Waals surface area contributed by atoms with Crippen LogP contribution >= 0.6 is 0 Å². The van der Waals surface area contributed by atoms with Crippen molar-refractivity contribution in [1.82, 2.24) is 33.2 Å². The number of aromatic nitrogens is 7. The summed E-state index contributed by atoms with van der Waals surface area (Å²) in [6.45, 7) is 0. The Balaban J connectivity index is 0.709. The summed E-state index contributed by atoms with van der Waals surface area (Å²) in [5, 5.41) is 9.37. The minimum Gasteiger partial charge on any atom is -0.310 e. The van der Waals surface area contributed by atoms with Crippen LogP contribution in [0.1, 0.15) is 0 Å². The molecule has 9 heteroatoms. The molecule has 0 bridgehead atoms. The average molecular weight is 1380 g/mol. The number of nitrogens with zero attached hydrogens (tertiary/aromatic N) is 9. The van der Waals surface area contributed by atoms with Gasteiger partial charge in [-0.15, -0.1) is 0 Å². The van der Waals surface area contributed by atoms with Crippen LogP contribution in [0, 0.1) is 0 Å². The van der Waals surface area contributed by atoms with Gasteiger partial charge in [-0.25, -0.2) is 15.0 Å².